The summed E-state index contributed by atoms with van der Waals surface area (Å²) < 4.78 is 2.17. The number of nitrogens with zero attached hydrogens (tertiary/aromatic N) is 4. The normalized spacial score (nSPS) is 11.5. The molecule has 0 N–H and O–H groups in total. The van der Waals surface area contributed by atoms with Crippen molar-refractivity contribution in [3.8, 4) is 5.69 Å². The maximum Gasteiger partial charge on any atom is 0.118 e. The van der Waals surface area contributed by atoms with Gasteiger partial charge in [-0.15, -0.1) is 0 Å². The van der Waals surface area contributed by atoms with Crippen LogP contribution in [0.4, 0.5) is 0 Å². The van der Waals surface area contributed by atoms with Crippen molar-refractivity contribution in [2.24, 2.45) is 0 Å². The minimum atomic E-state index is 0.878. The highest BCUT2D eigenvalue weighted by Gasteiger charge is 2.13. The van der Waals surface area contributed by atoms with E-state index in [1.807, 2.05) is 12.3 Å². The smallest absolute Gasteiger partial charge is 0.118 e. The Labute approximate surface area is 132 Å². The van der Waals surface area contributed by atoms with Crippen LogP contribution >= 0.6 is 0 Å². The van der Waals surface area contributed by atoms with Crippen molar-refractivity contribution < 1.29 is 0 Å². The van der Waals surface area contributed by atoms with E-state index in [1.54, 1.807) is 12.5 Å². The molecule has 3 heterocycles. The van der Waals surface area contributed by atoms with Crippen molar-refractivity contribution in [2.75, 3.05) is 0 Å². The fraction of sp³-hybridized carbons (Fsp3) is 0. The molecule has 5 aromatic rings. The summed E-state index contributed by atoms with van der Waals surface area (Å²) >= 11 is 0. The Morgan fingerprint density at radius 3 is 2.57 bits per heavy atom. The number of benzene rings is 2. The zero-order valence-corrected chi connectivity index (χ0v) is 12.2. The molecule has 0 radical (unpaired) electrons. The van der Waals surface area contributed by atoms with Gasteiger partial charge in [-0.25, -0.2) is 9.97 Å². The van der Waals surface area contributed by atoms with Gasteiger partial charge in [-0.1, -0.05) is 30.3 Å². The molecule has 3 aromatic heterocycles. The van der Waals surface area contributed by atoms with Crippen LogP contribution in [0.15, 0.2) is 73.3 Å². The molecule has 0 aliphatic rings. The lowest BCUT2D eigenvalue weighted by atomic mass is 10.1. The number of hydrogen-bond donors (Lipinski definition) is 0. The number of aromatic nitrogens is 4. The Kier molecular flexibility index (Phi) is 2.46. The summed E-state index contributed by atoms with van der Waals surface area (Å²) in [4.78, 5) is 13.1. The molecule has 23 heavy (non-hydrogen) atoms. The highest BCUT2D eigenvalue weighted by Crippen LogP contribution is 2.29. The fourth-order valence-electron chi connectivity index (χ4n) is 3.15. The van der Waals surface area contributed by atoms with Crippen LogP contribution < -0.4 is 0 Å². The minimum Gasteiger partial charge on any atom is -0.305 e. The molecular weight excluding hydrogens is 284 g/mol. The SMILES string of the molecule is c1ccc2cc(-n3c4cccnc4c4ncncc43)ccc2c1. The van der Waals surface area contributed by atoms with Gasteiger partial charge in [-0.2, -0.15) is 0 Å². The van der Waals surface area contributed by atoms with Gasteiger partial charge in [0.05, 0.1) is 17.2 Å². The molecule has 0 aliphatic heterocycles. The van der Waals surface area contributed by atoms with Crippen LogP contribution in [-0.2, 0) is 0 Å². The van der Waals surface area contributed by atoms with Gasteiger partial charge >= 0.3 is 0 Å². The van der Waals surface area contributed by atoms with Crippen LogP contribution in [-0.4, -0.2) is 19.5 Å². The van der Waals surface area contributed by atoms with Crippen molar-refractivity contribution in [1.82, 2.24) is 19.5 Å². The maximum atomic E-state index is 4.51. The first-order valence-corrected chi connectivity index (χ1v) is 7.46. The second-order valence-electron chi connectivity index (χ2n) is 5.49. The molecule has 5 rings (SSSR count). The van der Waals surface area contributed by atoms with Crippen LogP contribution in [0.2, 0.25) is 0 Å². The molecule has 0 saturated heterocycles. The van der Waals surface area contributed by atoms with Crippen molar-refractivity contribution in [3.05, 3.63) is 73.3 Å². The molecule has 0 fully saturated rings. The maximum absolute atomic E-state index is 4.51. The van der Waals surface area contributed by atoms with Crippen molar-refractivity contribution in [2.45, 2.75) is 0 Å². The average molecular weight is 296 g/mol. The summed E-state index contributed by atoms with van der Waals surface area (Å²) in [7, 11) is 0. The first-order chi connectivity index (χ1) is 11.4. The molecule has 0 atom stereocenters. The summed E-state index contributed by atoms with van der Waals surface area (Å²) in [6.07, 6.45) is 5.22. The molecule has 4 heteroatoms. The van der Waals surface area contributed by atoms with E-state index >= 15 is 0 Å². The monoisotopic (exact) mass is 296 g/mol. The van der Waals surface area contributed by atoms with E-state index in [9.17, 15) is 0 Å². The lowest BCUT2D eigenvalue weighted by Crippen LogP contribution is -1.94. The number of rotatable bonds is 1. The Hall–Kier alpha value is -3.27. The predicted molar refractivity (Wildman–Crippen MR) is 91.7 cm³/mol. The topological polar surface area (TPSA) is 43.6 Å². The first kappa shape index (κ1) is 12.3. The van der Waals surface area contributed by atoms with E-state index in [0.29, 0.717) is 0 Å². The number of fused-ring (bicyclic) bond motifs is 4. The van der Waals surface area contributed by atoms with E-state index in [4.69, 9.17) is 0 Å². The molecule has 4 nitrogen and oxygen atoms in total. The minimum absolute atomic E-state index is 0.878. The van der Waals surface area contributed by atoms with E-state index in [0.717, 1.165) is 27.8 Å². The Morgan fingerprint density at radius 2 is 1.61 bits per heavy atom. The number of pyridine rings is 1. The van der Waals surface area contributed by atoms with E-state index in [-0.39, 0.29) is 0 Å². The van der Waals surface area contributed by atoms with E-state index in [2.05, 4.69) is 68.0 Å². The average Bonchev–Trinajstić information content (AvgIpc) is 2.96. The summed E-state index contributed by atoms with van der Waals surface area (Å²) in [6.45, 7) is 0. The van der Waals surface area contributed by atoms with Gasteiger partial charge in [0.1, 0.15) is 17.4 Å². The van der Waals surface area contributed by atoms with Crippen molar-refractivity contribution in [3.63, 3.8) is 0 Å². The Balaban J connectivity index is 1.93. The van der Waals surface area contributed by atoms with Gasteiger partial charge < -0.3 is 4.57 Å². The van der Waals surface area contributed by atoms with Crippen LogP contribution in [0.1, 0.15) is 0 Å². The van der Waals surface area contributed by atoms with Crippen molar-refractivity contribution >= 4 is 32.8 Å². The summed E-state index contributed by atoms with van der Waals surface area (Å²) in [6, 6.07) is 18.8. The van der Waals surface area contributed by atoms with Gasteiger partial charge in [0.25, 0.3) is 0 Å². The van der Waals surface area contributed by atoms with Gasteiger partial charge in [0.15, 0.2) is 0 Å². The first-order valence-electron chi connectivity index (χ1n) is 7.46. The molecule has 0 unspecified atom stereocenters. The molecule has 2 aromatic carbocycles. The molecule has 0 amide bonds. The fourth-order valence-corrected chi connectivity index (χ4v) is 3.15. The van der Waals surface area contributed by atoms with Gasteiger partial charge in [-0.3, -0.25) is 4.98 Å². The largest absolute Gasteiger partial charge is 0.305 e. The summed E-state index contributed by atoms with van der Waals surface area (Å²) in [5, 5.41) is 2.44. The van der Waals surface area contributed by atoms with Crippen LogP contribution in [0.25, 0.3) is 38.5 Å². The quantitative estimate of drug-likeness (QED) is 0.467. The molecule has 0 spiro atoms. The lowest BCUT2D eigenvalue weighted by molar-refractivity contribution is 1.14. The van der Waals surface area contributed by atoms with Gasteiger partial charge in [0, 0.05) is 11.9 Å². The van der Waals surface area contributed by atoms with E-state index in [1.165, 1.54) is 10.8 Å². The van der Waals surface area contributed by atoms with Gasteiger partial charge in [-0.05, 0) is 35.0 Å². The summed E-state index contributed by atoms with van der Waals surface area (Å²) in [5.74, 6) is 0. The predicted octanol–water partition coefficient (Wildman–Crippen LogP) is 4.12. The number of hydrogen-bond acceptors (Lipinski definition) is 3. The zero-order valence-electron chi connectivity index (χ0n) is 12.2. The highest BCUT2D eigenvalue weighted by molar-refractivity contribution is 6.04. The van der Waals surface area contributed by atoms with E-state index < -0.39 is 0 Å². The second-order valence-corrected chi connectivity index (χ2v) is 5.49. The van der Waals surface area contributed by atoms with Crippen LogP contribution in [0, 0.1) is 0 Å². The third-order valence-corrected chi connectivity index (χ3v) is 4.18. The molecular formula is C19H12N4. The summed E-state index contributed by atoms with van der Waals surface area (Å²) in [5.41, 5.74) is 4.88. The molecule has 0 saturated carbocycles. The van der Waals surface area contributed by atoms with Crippen LogP contribution in [0.3, 0.4) is 0 Å². The van der Waals surface area contributed by atoms with Crippen LogP contribution in [0.5, 0.6) is 0 Å². The Bertz CT molecular complexity index is 1120. The molecule has 0 bridgehead atoms. The third kappa shape index (κ3) is 1.75. The standard InChI is InChI=1S/C19H12N4/c1-2-5-14-10-15(8-7-13(14)4-1)23-16-6-3-9-21-18(16)19-17(23)11-20-12-22-19/h1-12H. The molecule has 108 valence electrons. The Morgan fingerprint density at radius 1 is 0.739 bits per heavy atom. The third-order valence-electron chi connectivity index (χ3n) is 4.18. The second kappa shape index (κ2) is 4.61. The highest BCUT2D eigenvalue weighted by atomic mass is 15.0. The van der Waals surface area contributed by atoms with Crippen molar-refractivity contribution in [1.29, 1.82) is 0 Å². The van der Waals surface area contributed by atoms with Gasteiger partial charge in [0.2, 0.25) is 0 Å². The zero-order chi connectivity index (χ0) is 15.2. The molecule has 0 aliphatic carbocycles. The lowest BCUT2D eigenvalue weighted by Gasteiger charge is -2.08.